The third kappa shape index (κ3) is 5.50. The van der Waals surface area contributed by atoms with E-state index in [9.17, 15) is 0 Å². The molecule has 1 heterocycles. The van der Waals surface area contributed by atoms with E-state index in [-0.39, 0.29) is 5.92 Å². The minimum atomic E-state index is 0.189. The fraction of sp³-hybridized carbons (Fsp3) is 0.151. The number of para-hydroxylation sites is 3. The minimum Gasteiger partial charge on any atom is -0.296 e. The lowest BCUT2D eigenvalue weighted by atomic mass is 9.65. The maximum atomic E-state index is 5.21. The van der Waals surface area contributed by atoms with Crippen LogP contribution >= 0.6 is 0 Å². The highest BCUT2D eigenvalue weighted by Gasteiger charge is 2.37. The van der Waals surface area contributed by atoms with Crippen LogP contribution in [0.1, 0.15) is 49.4 Å². The molecule has 1 aromatic heterocycles. The van der Waals surface area contributed by atoms with Crippen molar-refractivity contribution in [3.63, 3.8) is 0 Å². The van der Waals surface area contributed by atoms with Crippen LogP contribution in [0.2, 0.25) is 0 Å². The molecular formula is C53H42N2. The van der Waals surface area contributed by atoms with Crippen molar-refractivity contribution < 1.29 is 0 Å². The normalized spacial score (nSPS) is 22.8. The Labute approximate surface area is 323 Å². The zero-order valence-electron chi connectivity index (χ0n) is 30.9. The molecule has 3 atom stereocenters. The summed E-state index contributed by atoms with van der Waals surface area (Å²) in [4.78, 5) is 5.21. The van der Waals surface area contributed by atoms with Crippen molar-refractivity contribution in [3.8, 4) is 5.69 Å². The summed E-state index contributed by atoms with van der Waals surface area (Å²) in [5.41, 5.74) is 17.5. The van der Waals surface area contributed by atoms with E-state index >= 15 is 0 Å². The van der Waals surface area contributed by atoms with Gasteiger partial charge in [0.15, 0.2) is 0 Å². The van der Waals surface area contributed by atoms with Crippen LogP contribution in [0.4, 0.5) is 0 Å². The van der Waals surface area contributed by atoms with Crippen LogP contribution in [0.5, 0.6) is 0 Å². The highest BCUT2D eigenvalue weighted by Crippen LogP contribution is 2.53. The number of benzene rings is 4. The van der Waals surface area contributed by atoms with Crippen molar-refractivity contribution in [2.45, 2.75) is 38.0 Å². The van der Waals surface area contributed by atoms with E-state index in [1.807, 2.05) is 0 Å². The van der Waals surface area contributed by atoms with Gasteiger partial charge in [-0.2, -0.15) is 0 Å². The predicted octanol–water partition coefficient (Wildman–Crippen LogP) is 13.1. The fourth-order valence-corrected chi connectivity index (χ4v) is 9.82. The van der Waals surface area contributed by atoms with Crippen LogP contribution in [-0.2, 0) is 0 Å². The van der Waals surface area contributed by atoms with E-state index in [0.29, 0.717) is 11.8 Å². The lowest BCUT2D eigenvalue weighted by Gasteiger charge is -2.39. The first-order valence-electron chi connectivity index (χ1n) is 20.0. The van der Waals surface area contributed by atoms with Gasteiger partial charge in [0, 0.05) is 23.4 Å². The second-order valence-electron chi connectivity index (χ2n) is 15.6. The van der Waals surface area contributed by atoms with Crippen LogP contribution in [0.25, 0.3) is 33.1 Å². The van der Waals surface area contributed by atoms with Gasteiger partial charge in [-0.3, -0.25) is 4.57 Å². The molecule has 3 unspecified atom stereocenters. The van der Waals surface area contributed by atoms with Gasteiger partial charge < -0.3 is 0 Å². The smallest absolute Gasteiger partial charge is 0.121 e. The maximum absolute atomic E-state index is 5.21. The fourth-order valence-electron chi connectivity index (χ4n) is 9.82. The van der Waals surface area contributed by atoms with Gasteiger partial charge in [0.25, 0.3) is 0 Å². The Morgan fingerprint density at radius 1 is 0.673 bits per heavy atom. The highest BCUT2D eigenvalue weighted by molar-refractivity contribution is 5.95. The Bertz CT molecular complexity index is 2780. The minimum absolute atomic E-state index is 0.189. The van der Waals surface area contributed by atoms with Crippen molar-refractivity contribution in [2.24, 2.45) is 11.8 Å². The van der Waals surface area contributed by atoms with Crippen molar-refractivity contribution in [1.82, 2.24) is 9.55 Å². The molecule has 5 aromatic rings. The standard InChI is InChI=1S/C53H42N2/c1-2-16-44(17-3-1)55-50-21-11-10-20-49(50)54-53(55)38-26-22-37(23-27-38)41-30-31-47-48(34-41)52(43-29-25-36-13-5-7-15-40(36)33-43)46-19-9-8-18-45(46)51(47)42-28-24-35-12-4-6-14-39(35)32-42/h1-7,9-13,15-17,19-26,28-30,32-34,38-39,47H,8,14,18,27,31H2. The second kappa shape index (κ2) is 13.2. The molecule has 11 rings (SSSR count). The lowest BCUT2D eigenvalue weighted by molar-refractivity contribution is 0.704. The molecule has 0 bridgehead atoms. The molecule has 55 heavy (non-hydrogen) atoms. The maximum Gasteiger partial charge on any atom is 0.121 e. The van der Waals surface area contributed by atoms with E-state index in [0.717, 1.165) is 54.6 Å². The summed E-state index contributed by atoms with van der Waals surface area (Å²) in [6.07, 6.45) is 36.4. The summed E-state index contributed by atoms with van der Waals surface area (Å²) in [5.74, 6) is 2.04. The molecule has 0 spiro atoms. The van der Waals surface area contributed by atoms with Crippen LogP contribution < -0.4 is 0 Å². The first-order chi connectivity index (χ1) is 27.3. The number of imidazole rings is 1. The molecule has 264 valence electrons. The molecule has 0 radical (unpaired) electrons. The van der Waals surface area contributed by atoms with Crippen LogP contribution in [0.15, 0.2) is 221 Å². The summed E-state index contributed by atoms with van der Waals surface area (Å²) in [5, 5.41) is 2.58. The Hall–Kier alpha value is -6.25. The topological polar surface area (TPSA) is 17.8 Å². The highest BCUT2D eigenvalue weighted by atomic mass is 15.1. The van der Waals surface area contributed by atoms with E-state index in [1.165, 1.54) is 55.3 Å². The van der Waals surface area contributed by atoms with Gasteiger partial charge >= 0.3 is 0 Å². The molecule has 6 aliphatic carbocycles. The van der Waals surface area contributed by atoms with Gasteiger partial charge in [-0.15, -0.1) is 0 Å². The van der Waals surface area contributed by atoms with E-state index < -0.39 is 0 Å². The van der Waals surface area contributed by atoms with E-state index in [2.05, 4.69) is 181 Å². The number of hydrogen-bond acceptors (Lipinski definition) is 1. The third-order valence-electron chi connectivity index (χ3n) is 12.5. The molecular weight excluding hydrogens is 665 g/mol. The summed E-state index contributed by atoms with van der Waals surface area (Å²) in [6, 6.07) is 35.1. The number of allylic oxidation sites excluding steroid dienone is 22. The molecule has 0 amide bonds. The number of hydrogen-bond donors (Lipinski definition) is 0. The number of aromatic nitrogens is 2. The second-order valence-corrected chi connectivity index (χ2v) is 15.6. The summed E-state index contributed by atoms with van der Waals surface area (Å²) in [6.45, 7) is 0. The van der Waals surface area contributed by atoms with Crippen LogP contribution in [-0.4, -0.2) is 9.55 Å². The quantitative estimate of drug-likeness (QED) is 0.178. The third-order valence-corrected chi connectivity index (χ3v) is 12.5. The first-order valence-corrected chi connectivity index (χ1v) is 20.0. The molecule has 0 fully saturated rings. The van der Waals surface area contributed by atoms with Gasteiger partial charge in [0.1, 0.15) is 5.82 Å². The van der Waals surface area contributed by atoms with Crippen molar-refractivity contribution >= 4 is 27.4 Å². The van der Waals surface area contributed by atoms with E-state index in [1.54, 1.807) is 11.1 Å². The summed E-state index contributed by atoms with van der Waals surface area (Å²) in [7, 11) is 0. The zero-order chi connectivity index (χ0) is 36.3. The van der Waals surface area contributed by atoms with Gasteiger partial charge in [0.05, 0.1) is 11.0 Å². The summed E-state index contributed by atoms with van der Waals surface area (Å²) < 4.78 is 2.35. The average molecular weight is 707 g/mol. The van der Waals surface area contributed by atoms with Crippen molar-refractivity contribution in [1.29, 1.82) is 0 Å². The van der Waals surface area contributed by atoms with Crippen molar-refractivity contribution in [3.05, 3.63) is 232 Å². The SMILES string of the molecule is C1=CCC2C=C(C3=C4CCC=CC4=C(c4ccc5ccccc5c4)C4=CC(C5=CCC(c6nc7ccccc7n6-c6ccccc6)C=C5)=CCC43)C=CC2=C1. The van der Waals surface area contributed by atoms with Gasteiger partial charge in [0.2, 0.25) is 0 Å². The van der Waals surface area contributed by atoms with Gasteiger partial charge in [-0.25, -0.2) is 4.98 Å². The molecule has 0 saturated heterocycles. The largest absolute Gasteiger partial charge is 0.296 e. The van der Waals surface area contributed by atoms with Gasteiger partial charge in [-0.1, -0.05) is 146 Å². The van der Waals surface area contributed by atoms with E-state index in [4.69, 9.17) is 4.98 Å². The van der Waals surface area contributed by atoms with Crippen molar-refractivity contribution in [2.75, 3.05) is 0 Å². The summed E-state index contributed by atoms with van der Waals surface area (Å²) >= 11 is 0. The molecule has 2 heteroatoms. The predicted molar refractivity (Wildman–Crippen MR) is 229 cm³/mol. The average Bonchev–Trinajstić information content (AvgIpc) is 3.65. The molecule has 0 N–H and O–H groups in total. The lowest BCUT2D eigenvalue weighted by Crippen LogP contribution is -2.23. The molecule has 4 aromatic carbocycles. The molecule has 0 saturated carbocycles. The number of nitrogens with zero attached hydrogens (tertiary/aromatic N) is 2. The monoisotopic (exact) mass is 706 g/mol. The Balaban J connectivity index is 1.01. The number of rotatable bonds is 5. The van der Waals surface area contributed by atoms with Crippen LogP contribution in [0, 0.1) is 11.8 Å². The van der Waals surface area contributed by atoms with Crippen LogP contribution in [0.3, 0.4) is 0 Å². The number of fused-ring (bicyclic) bond motifs is 5. The zero-order valence-corrected chi connectivity index (χ0v) is 30.9. The molecule has 6 aliphatic rings. The Morgan fingerprint density at radius 3 is 2.44 bits per heavy atom. The molecule has 0 aliphatic heterocycles. The molecule has 2 nitrogen and oxygen atoms in total. The Kier molecular flexibility index (Phi) is 7.76. The first kappa shape index (κ1) is 32.2. The van der Waals surface area contributed by atoms with Gasteiger partial charge in [-0.05, 0) is 129 Å². The Morgan fingerprint density at radius 2 is 1.53 bits per heavy atom.